The van der Waals surface area contributed by atoms with E-state index in [9.17, 15) is 8.78 Å². The number of fused-ring (bicyclic) bond motifs is 8. The molecule has 7 nitrogen and oxygen atoms in total. The number of benzene rings is 2. The van der Waals surface area contributed by atoms with Crippen molar-refractivity contribution in [3.63, 3.8) is 0 Å². The first kappa shape index (κ1) is 32.6. The molecule has 8 rings (SSSR count). The van der Waals surface area contributed by atoms with Crippen molar-refractivity contribution < 1.29 is 13.3 Å². The zero-order chi connectivity index (χ0) is 36.1. The molecule has 52 heavy (non-hydrogen) atoms. The number of aryl methyl sites for hydroxylation is 2. The Balaban J connectivity index is 1.58. The van der Waals surface area contributed by atoms with Gasteiger partial charge in [-0.3, -0.25) is 0 Å². The van der Waals surface area contributed by atoms with E-state index in [2.05, 4.69) is 25.7 Å². The molecule has 0 unspecified atom stereocenters. The van der Waals surface area contributed by atoms with Crippen LogP contribution in [0.1, 0.15) is 35.3 Å². The van der Waals surface area contributed by atoms with Gasteiger partial charge in [-0.1, -0.05) is 36.9 Å². The molecule has 0 saturated carbocycles. The van der Waals surface area contributed by atoms with Crippen LogP contribution in [0.5, 0.6) is 0 Å². The van der Waals surface area contributed by atoms with E-state index in [4.69, 9.17) is 9.97 Å². The molecule has 6 heterocycles. The van der Waals surface area contributed by atoms with Gasteiger partial charge < -0.3 is 14.9 Å². The fourth-order valence-electron chi connectivity index (χ4n) is 7.02. The summed E-state index contributed by atoms with van der Waals surface area (Å²) in [6.07, 6.45) is 15.9. The molecule has 2 aromatic carbocycles. The molecule has 0 fully saturated rings. The lowest BCUT2D eigenvalue weighted by Gasteiger charge is -2.18. The number of rotatable bonds is 6. The van der Waals surface area contributed by atoms with E-state index in [-0.39, 0.29) is 11.6 Å². The summed E-state index contributed by atoms with van der Waals surface area (Å²) >= 11 is 0. The van der Waals surface area contributed by atoms with Crippen LogP contribution < -0.4 is 4.57 Å². The van der Waals surface area contributed by atoms with Gasteiger partial charge in [-0.25, -0.2) is 27.9 Å². The Morgan fingerprint density at radius 1 is 0.712 bits per heavy atom. The SMILES string of the molecule is C=C(c1c2nc(c(-c3ccc(F)cc3)c3ccc([nH]3)c(-c3n(C)cc[n+]3C)c3nc(c(-c4ccc(F)cc4)c4ccc1[nH]4)C=C3)C=C2)N(C)/C=C\C. The van der Waals surface area contributed by atoms with Crippen molar-refractivity contribution in [3.8, 4) is 33.6 Å². The van der Waals surface area contributed by atoms with Crippen LogP contribution in [0.3, 0.4) is 0 Å². The fraction of sp³-hybridized carbons (Fsp3) is 0.0930. The molecule has 0 radical (unpaired) electrons. The molecule has 2 aliphatic heterocycles. The molecular weight excluding hydrogens is 653 g/mol. The topological polar surface area (TPSA) is 69.4 Å². The Kier molecular flexibility index (Phi) is 8.10. The van der Waals surface area contributed by atoms with Crippen LogP contribution in [0.4, 0.5) is 8.78 Å². The first-order valence-electron chi connectivity index (χ1n) is 16.9. The van der Waals surface area contributed by atoms with Crippen LogP contribution in [0.2, 0.25) is 0 Å². The lowest BCUT2D eigenvalue weighted by Crippen LogP contribution is -2.29. The zero-order valence-electron chi connectivity index (χ0n) is 29.2. The first-order valence-corrected chi connectivity index (χ1v) is 16.9. The van der Waals surface area contributed by atoms with E-state index in [0.29, 0.717) is 11.4 Å². The van der Waals surface area contributed by atoms with Gasteiger partial charge in [0.1, 0.15) is 29.6 Å². The van der Waals surface area contributed by atoms with Crippen LogP contribution >= 0.6 is 0 Å². The third-order valence-electron chi connectivity index (χ3n) is 9.51. The number of aromatic nitrogens is 6. The average molecular weight is 689 g/mol. The Morgan fingerprint density at radius 3 is 1.69 bits per heavy atom. The van der Waals surface area contributed by atoms with Crippen molar-refractivity contribution in [1.82, 2.24) is 29.4 Å². The number of hydrogen-bond donors (Lipinski definition) is 2. The molecule has 4 aromatic heterocycles. The van der Waals surface area contributed by atoms with E-state index in [1.54, 1.807) is 24.3 Å². The van der Waals surface area contributed by atoms with Crippen LogP contribution in [0.15, 0.2) is 104 Å². The summed E-state index contributed by atoms with van der Waals surface area (Å²) in [6, 6.07) is 21.1. The van der Waals surface area contributed by atoms with Gasteiger partial charge >= 0.3 is 0 Å². The summed E-state index contributed by atoms with van der Waals surface area (Å²) in [6.45, 7) is 6.45. The van der Waals surface area contributed by atoms with E-state index in [1.807, 2.05) is 106 Å². The predicted molar refractivity (Wildman–Crippen MR) is 207 cm³/mol. The Morgan fingerprint density at radius 2 is 1.17 bits per heavy atom. The minimum atomic E-state index is -0.316. The molecule has 6 aromatic rings. The largest absolute Gasteiger partial charge is 0.354 e. The molecule has 2 N–H and O–H groups in total. The Hall–Kier alpha value is -6.61. The molecular formula is C43H36F2N7+. The second-order valence-electron chi connectivity index (χ2n) is 12.9. The average Bonchev–Trinajstić information content (AvgIpc) is 3.99. The van der Waals surface area contributed by atoms with Crippen molar-refractivity contribution in [2.45, 2.75) is 6.92 Å². The zero-order valence-corrected chi connectivity index (χ0v) is 29.2. The van der Waals surface area contributed by atoms with E-state index in [0.717, 1.165) is 78.4 Å². The third-order valence-corrected chi connectivity index (χ3v) is 9.51. The van der Waals surface area contributed by atoms with Crippen molar-refractivity contribution in [2.24, 2.45) is 14.1 Å². The van der Waals surface area contributed by atoms with E-state index in [1.165, 1.54) is 24.3 Å². The minimum absolute atomic E-state index is 0.316. The van der Waals surface area contributed by atoms with Crippen molar-refractivity contribution in [3.05, 3.63) is 144 Å². The monoisotopic (exact) mass is 688 g/mol. The molecule has 256 valence electrons. The van der Waals surface area contributed by atoms with Gasteiger partial charge in [0.25, 0.3) is 5.82 Å². The van der Waals surface area contributed by atoms with Crippen LogP contribution in [-0.2, 0) is 14.1 Å². The van der Waals surface area contributed by atoms with Crippen molar-refractivity contribution >= 4 is 52.1 Å². The second kappa shape index (κ2) is 12.9. The Bertz CT molecular complexity index is 2590. The number of allylic oxidation sites excluding steroid dienone is 1. The minimum Gasteiger partial charge on any atom is -0.354 e. The van der Waals surface area contributed by atoms with Gasteiger partial charge in [0.2, 0.25) is 0 Å². The lowest BCUT2D eigenvalue weighted by molar-refractivity contribution is -0.659. The maximum absolute atomic E-state index is 14.2. The highest BCUT2D eigenvalue weighted by atomic mass is 19.1. The summed E-state index contributed by atoms with van der Waals surface area (Å²) in [5, 5.41) is 0. The summed E-state index contributed by atoms with van der Waals surface area (Å²) in [5.74, 6) is 0.304. The maximum atomic E-state index is 14.2. The van der Waals surface area contributed by atoms with Gasteiger partial charge in [-0.2, -0.15) is 0 Å². The van der Waals surface area contributed by atoms with E-state index < -0.39 is 0 Å². The standard InChI is InChI=1S/C43H35F2N7/c1-6-23-50(3)26(2)39-31-15-17-33(46-31)40(27-7-11-29(44)12-8-27)35-19-21-37(48-35)42(43-51(4)24-25-52(43)5)38-22-20-36(49-38)41(34-18-16-32(39)47-34)28-9-13-30(45)14-10-28/h6-25H,2H2,1,3-5H3,(H,46,47,48,49)/p+1/b23-6-. The summed E-state index contributed by atoms with van der Waals surface area (Å²) in [7, 11) is 5.96. The number of halogens is 2. The maximum Gasteiger partial charge on any atom is 0.292 e. The molecule has 0 atom stereocenters. The quantitative estimate of drug-likeness (QED) is 0.171. The number of hydrogen-bond acceptors (Lipinski definition) is 3. The normalized spacial score (nSPS) is 12.3. The summed E-state index contributed by atoms with van der Waals surface area (Å²) < 4.78 is 32.6. The van der Waals surface area contributed by atoms with Gasteiger partial charge in [-0.05, 0) is 97.1 Å². The highest BCUT2D eigenvalue weighted by Gasteiger charge is 2.24. The molecule has 8 bridgehead atoms. The lowest BCUT2D eigenvalue weighted by atomic mass is 10.0. The Labute approximate surface area is 299 Å². The number of aromatic amines is 2. The molecule has 0 aliphatic carbocycles. The number of H-pyrrole nitrogens is 2. The van der Waals surface area contributed by atoms with Gasteiger partial charge in [0.15, 0.2) is 0 Å². The number of imidazole rings is 1. The van der Waals surface area contributed by atoms with Crippen LogP contribution in [0.25, 0.3) is 85.7 Å². The van der Waals surface area contributed by atoms with Crippen molar-refractivity contribution in [1.29, 1.82) is 0 Å². The van der Waals surface area contributed by atoms with E-state index >= 15 is 0 Å². The van der Waals surface area contributed by atoms with Gasteiger partial charge in [0, 0.05) is 40.5 Å². The highest BCUT2D eigenvalue weighted by molar-refractivity contribution is 5.98. The smallest absolute Gasteiger partial charge is 0.292 e. The number of nitrogens with one attached hydrogen (secondary N) is 2. The van der Waals surface area contributed by atoms with Gasteiger partial charge in [-0.15, -0.1) is 0 Å². The molecule has 2 aliphatic rings. The van der Waals surface area contributed by atoms with Gasteiger partial charge in [0.05, 0.1) is 47.9 Å². The first-order chi connectivity index (χ1) is 25.2. The predicted octanol–water partition coefficient (Wildman–Crippen LogP) is 9.53. The number of nitrogens with zero attached hydrogens (tertiary/aromatic N) is 5. The second-order valence-corrected chi connectivity index (χ2v) is 12.9. The highest BCUT2D eigenvalue weighted by Crippen LogP contribution is 2.37. The fourth-order valence-corrected chi connectivity index (χ4v) is 7.02. The molecule has 0 amide bonds. The van der Waals surface area contributed by atoms with Crippen molar-refractivity contribution in [2.75, 3.05) is 7.05 Å². The third kappa shape index (κ3) is 5.66. The molecule has 0 spiro atoms. The van der Waals surface area contributed by atoms with Crippen LogP contribution in [-0.4, -0.2) is 36.5 Å². The van der Waals surface area contributed by atoms with Crippen LogP contribution in [0, 0.1) is 11.6 Å². The molecule has 9 heteroatoms. The summed E-state index contributed by atoms with van der Waals surface area (Å²) in [4.78, 5) is 19.8. The summed E-state index contributed by atoms with van der Waals surface area (Å²) in [5.41, 5.74) is 11.8. The molecule has 0 saturated heterocycles.